The summed E-state index contributed by atoms with van der Waals surface area (Å²) in [5, 5.41) is 3.29. The molecule has 0 saturated carbocycles. The minimum absolute atomic E-state index is 0.0774. The summed E-state index contributed by atoms with van der Waals surface area (Å²) >= 11 is 7.39. The van der Waals surface area contributed by atoms with Crippen molar-refractivity contribution in [3.05, 3.63) is 89.4 Å². The summed E-state index contributed by atoms with van der Waals surface area (Å²) in [5.74, 6) is 0.285. The van der Waals surface area contributed by atoms with E-state index in [1.54, 1.807) is 54.5 Å². The van der Waals surface area contributed by atoms with E-state index in [0.29, 0.717) is 33.9 Å². The maximum absolute atomic E-state index is 13.1. The second-order valence-corrected chi connectivity index (χ2v) is 8.97. The maximum atomic E-state index is 13.1. The first-order chi connectivity index (χ1) is 16.0. The lowest BCUT2D eigenvalue weighted by Crippen LogP contribution is -2.44. The van der Waals surface area contributed by atoms with Crippen LogP contribution >= 0.6 is 23.4 Å². The SMILES string of the molecule is COc1ccc(NC(=O)C2CC(=O)N(Cc3ccccc3)C(=Nc3cccc(Cl)c3)S2)cc1. The molecule has 1 saturated heterocycles. The number of hydrogen-bond donors (Lipinski definition) is 1. The largest absolute Gasteiger partial charge is 0.497 e. The average molecular weight is 480 g/mol. The van der Waals surface area contributed by atoms with E-state index in [2.05, 4.69) is 10.3 Å². The van der Waals surface area contributed by atoms with E-state index < -0.39 is 5.25 Å². The molecule has 1 heterocycles. The lowest BCUT2D eigenvalue weighted by Gasteiger charge is -2.32. The molecule has 1 atom stereocenters. The van der Waals surface area contributed by atoms with Crippen molar-refractivity contribution in [2.75, 3.05) is 12.4 Å². The van der Waals surface area contributed by atoms with Crippen LogP contribution in [0.5, 0.6) is 5.75 Å². The first-order valence-corrected chi connectivity index (χ1v) is 11.6. The molecule has 3 aromatic rings. The Balaban J connectivity index is 1.58. The molecule has 1 aliphatic heterocycles. The molecule has 0 radical (unpaired) electrons. The molecule has 1 fully saturated rings. The number of carbonyl (C=O) groups is 2. The Hall–Kier alpha value is -3.29. The third-order valence-electron chi connectivity index (χ3n) is 5.01. The summed E-state index contributed by atoms with van der Waals surface area (Å²) in [4.78, 5) is 32.4. The van der Waals surface area contributed by atoms with Gasteiger partial charge in [0.1, 0.15) is 11.0 Å². The summed E-state index contributed by atoms with van der Waals surface area (Å²) < 4.78 is 5.15. The van der Waals surface area contributed by atoms with Crippen LogP contribution in [0.1, 0.15) is 12.0 Å². The van der Waals surface area contributed by atoms with E-state index in [-0.39, 0.29) is 18.2 Å². The Kier molecular flexibility index (Phi) is 7.32. The fraction of sp³-hybridized carbons (Fsp3) is 0.160. The molecule has 0 spiro atoms. The van der Waals surface area contributed by atoms with Crippen molar-refractivity contribution in [2.24, 2.45) is 4.99 Å². The van der Waals surface area contributed by atoms with Gasteiger partial charge in [-0.05, 0) is 48.0 Å². The lowest BCUT2D eigenvalue weighted by molar-refractivity contribution is -0.129. The third-order valence-corrected chi connectivity index (χ3v) is 6.43. The molecular weight excluding hydrogens is 458 g/mol. The highest BCUT2D eigenvalue weighted by molar-refractivity contribution is 8.15. The molecule has 168 valence electrons. The fourth-order valence-corrected chi connectivity index (χ4v) is 4.60. The molecular formula is C25H22ClN3O3S. The number of ether oxygens (including phenoxy) is 1. The smallest absolute Gasteiger partial charge is 0.238 e. The van der Waals surface area contributed by atoms with Gasteiger partial charge in [0.2, 0.25) is 11.8 Å². The normalized spacial score (nSPS) is 17.2. The number of methoxy groups -OCH3 is 1. The highest BCUT2D eigenvalue weighted by Gasteiger charge is 2.36. The number of aliphatic imine (C=N–C) groups is 1. The number of amides is 2. The molecule has 33 heavy (non-hydrogen) atoms. The van der Waals surface area contributed by atoms with Crippen LogP contribution in [0.3, 0.4) is 0 Å². The van der Waals surface area contributed by atoms with E-state index in [0.717, 1.165) is 5.56 Å². The summed E-state index contributed by atoms with van der Waals surface area (Å²) in [7, 11) is 1.58. The zero-order chi connectivity index (χ0) is 23.2. The van der Waals surface area contributed by atoms with Gasteiger partial charge in [-0.3, -0.25) is 14.5 Å². The number of thioether (sulfide) groups is 1. The molecule has 0 aliphatic carbocycles. The molecule has 0 bridgehead atoms. The second-order valence-electron chi connectivity index (χ2n) is 7.37. The van der Waals surface area contributed by atoms with Gasteiger partial charge < -0.3 is 10.1 Å². The number of amidine groups is 1. The van der Waals surface area contributed by atoms with Gasteiger partial charge in [0.25, 0.3) is 0 Å². The Labute approximate surface area is 201 Å². The number of nitrogens with zero attached hydrogens (tertiary/aromatic N) is 2. The van der Waals surface area contributed by atoms with Crippen LogP contribution in [0.2, 0.25) is 5.02 Å². The predicted octanol–water partition coefficient (Wildman–Crippen LogP) is 5.51. The predicted molar refractivity (Wildman–Crippen MR) is 133 cm³/mol. The molecule has 2 amide bonds. The molecule has 3 aromatic carbocycles. The summed E-state index contributed by atoms with van der Waals surface area (Å²) in [6.07, 6.45) is 0.0774. The van der Waals surface area contributed by atoms with E-state index in [4.69, 9.17) is 16.3 Å². The van der Waals surface area contributed by atoms with Gasteiger partial charge in [-0.1, -0.05) is 59.8 Å². The maximum Gasteiger partial charge on any atom is 0.238 e. The lowest BCUT2D eigenvalue weighted by atomic mass is 10.2. The standard InChI is InChI=1S/C25H22ClN3O3S/c1-32-21-12-10-19(11-13-21)27-24(31)22-15-23(30)29(16-17-6-3-2-4-7-17)25(33-22)28-20-9-5-8-18(26)14-20/h2-14,22H,15-16H2,1H3,(H,27,31). The highest BCUT2D eigenvalue weighted by Crippen LogP contribution is 2.31. The third kappa shape index (κ3) is 5.94. The molecule has 0 aromatic heterocycles. The zero-order valence-electron chi connectivity index (χ0n) is 17.9. The highest BCUT2D eigenvalue weighted by atomic mass is 35.5. The van der Waals surface area contributed by atoms with Crippen LogP contribution in [0.15, 0.2) is 83.9 Å². The van der Waals surface area contributed by atoms with Crippen LogP contribution in [0, 0.1) is 0 Å². The van der Waals surface area contributed by atoms with Crippen molar-refractivity contribution in [3.63, 3.8) is 0 Å². The number of hydrogen-bond acceptors (Lipinski definition) is 5. The molecule has 1 unspecified atom stereocenters. The zero-order valence-corrected chi connectivity index (χ0v) is 19.5. The van der Waals surface area contributed by atoms with Crippen molar-refractivity contribution in [1.29, 1.82) is 0 Å². The van der Waals surface area contributed by atoms with Gasteiger partial charge in [0.05, 0.1) is 19.3 Å². The van der Waals surface area contributed by atoms with Gasteiger partial charge >= 0.3 is 0 Å². The van der Waals surface area contributed by atoms with Crippen molar-refractivity contribution in [3.8, 4) is 5.75 Å². The quantitative estimate of drug-likeness (QED) is 0.506. The van der Waals surface area contributed by atoms with E-state index in [1.165, 1.54) is 11.8 Å². The number of benzene rings is 3. The Bertz CT molecular complexity index is 1170. The first kappa shape index (κ1) is 22.9. The molecule has 4 rings (SSSR count). The van der Waals surface area contributed by atoms with E-state index in [9.17, 15) is 9.59 Å². The molecule has 1 aliphatic rings. The van der Waals surface area contributed by atoms with Crippen LogP contribution in [0.4, 0.5) is 11.4 Å². The molecule has 8 heteroatoms. The molecule has 6 nitrogen and oxygen atoms in total. The number of halogens is 1. The number of carbonyl (C=O) groups excluding carboxylic acids is 2. The first-order valence-electron chi connectivity index (χ1n) is 10.3. The van der Waals surface area contributed by atoms with Gasteiger partial charge in [-0.2, -0.15) is 0 Å². The van der Waals surface area contributed by atoms with E-state index in [1.807, 2.05) is 36.4 Å². The van der Waals surface area contributed by atoms with Crippen LogP contribution < -0.4 is 10.1 Å². The minimum atomic E-state index is -0.607. The van der Waals surface area contributed by atoms with Gasteiger partial charge in [0.15, 0.2) is 5.17 Å². The van der Waals surface area contributed by atoms with Crippen LogP contribution in [-0.2, 0) is 16.1 Å². The summed E-state index contributed by atoms with van der Waals surface area (Å²) in [6, 6.07) is 23.8. The van der Waals surface area contributed by atoms with Crippen LogP contribution in [0.25, 0.3) is 0 Å². The number of nitrogens with one attached hydrogen (secondary N) is 1. The fourth-order valence-electron chi connectivity index (χ4n) is 3.32. The topological polar surface area (TPSA) is 71.0 Å². The van der Waals surface area contributed by atoms with Crippen molar-refractivity contribution in [2.45, 2.75) is 18.2 Å². The summed E-state index contributed by atoms with van der Waals surface area (Å²) in [6.45, 7) is 0.374. The summed E-state index contributed by atoms with van der Waals surface area (Å²) in [5.41, 5.74) is 2.23. The molecule has 1 N–H and O–H groups in total. The van der Waals surface area contributed by atoms with E-state index >= 15 is 0 Å². The number of rotatable bonds is 6. The van der Waals surface area contributed by atoms with Crippen LogP contribution in [-0.4, -0.2) is 34.2 Å². The monoisotopic (exact) mass is 479 g/mol. The van der Waals surface area contributed by atoms with Gasteiger partial charge in [0, 0.05) is 17.1 Å². The Morgan fingerprint density at radius 2 is 1.88 bits per heavy atom. The van der Waals surface area contributed by atoms with Crippen molar-refractivity contribution >= 4 is 51.7 Å². The second kappa shape index (κ2) is 10.6. The van der Waals surface area contributed by atoms with Crippen molar-refractivity contribution in [1.82, 2.24) is 4.90 Å². The van der Waals surface area contributed by atoms with Crippen molar-refractivity contribution < 1.29 is 14.3 Å². The Morgan fingerprint density at radius 1 is 1.12 bits per heavy atom. The van der Waals surface area contributed by atoms with Gasteiger partial charge in [-0.15, -0.1) is 0 Å². The average Bonchev–Trinajstić information content (AvgIpc) is 2.82. The van der Waals surface area contributed by atoms with Gasteiger partial charge in [-0.25, -0.2) is 4.99 Å². The minimum Gasteiger partial charge on any atom is -0.497 e. The number of anilines is 1. The Morgan fingerprint density at radius 3 is 2.58 bits per heavy atom.